The molecule has 0 N–H and O–H groups in total. The van der Waals surface area contributed by atoms with Crippen LogP contribution < -0.4 is 0 Å². The Kier molecular flexibility index (Phi) is 5.91. The summed E-state index contributed by atoms with van der Waals surface area (Å²) in [5, 5.41) is 20.6. The molecule has 1 fully saturated rings. The first-order chi connectivity index (χ1) is 14.6. The number of fused-ring (bicyclic) bond motifs is 2. The van der Waals surface area contributed by atoms with Gasteiger partial charge in [-0.25, -0.2) is 14.8 Å². The Labute approximate surface area is 181 Å². The molecular formula is C22H27BN6S. The number of hydrogen-bond donors (Lipinski definition) is 0. The molecule has 154 valence electrons. The van der Waals surface area contributed by atoms with Gasteiger partial charge in [-0.05, 0) is 24.1 Å². The van der Waals surface area contributed by atoms with Crippen LogP contribution in [-0.4, -0.2) is 31.1 Å². The van der Waals surface area contributed by atoms with Gasteiger partial charge in [0.2, 0.25) is 4.96 Å². The summed E-state index contributed by atoms with van der Waals surface area (Å²) in [6.45, 7) is 6.38. The van der Waals surface area contributed by atoms with Crippen LogP contribution in [0.15, 0.2) is 24.5 Å². The Balaban J connectivity index is 0.00000106. The maximum absolute atomic E-state index is 9.09. The average molecular weight is 418 g/mol. The van der Waals surface area contributed by atoms with Crippen LogP contribution in [0.5, 0.6) is 0 Å². The van der Waals surface area contributed by atoms with Gasteiger partial charge in [0.25, 0.3) is 6.71 Å². The van der Waals surface area contributed by atoms with Crippen LogP contribution in [0, 0.1) is 11.2 Å². The van der Waals surface area contributed by atoms with Gasteiger partial charge in [0.05, 0.1) is 17.4 Å². The Morgan fingerprint density at radius 2 is 1.97 bits per heavy atom. The number of rotatable bonds is 3. The van der Waals surface area contributed by atoms with Gasteiger partial charge in [0.15, 0.2) is 0 Å². The largest absolute Gasteiger partial charge is 0.275 e. The molecular weight excluding hydrogens is 391 g/mol. The van der Waals surface area contributed by atoms with Gasteiger partial charge in [-0.1, -0.05) is 57.6 Å². The second-order valence-corrected chi connectivity index (χ2v) is 8.66. The predicted octanol–water partition coefficient (Wildman–Crippen LogP) is 5.37. The maximum Gasteiger partial charge on any atom is 0.267 e. The first-order valence-electron chi connectivity index (χ1n) is 10.9. The zero-order valence-electron chi connectivity index (χ0n) is 18.1. The molecule has 0 aliphatic carbocycles. The summed E-state index contributed by atoms with van der Waals surface area (Å²) in [6.07, 6.45) is 9.15. The lowest BCUT2D eigenvalue weighted by Gasteiger charge is -2.21. The number of aromatic nitrogens is 5. The molecule has 0 unspecified atom stereocenters. The van der Waals surface area contributed by atoms with Gasteiger partial charge in [-0.3, -0.25) is 4.68 Å². The minimum absolute atomic E-state index is 0.222. The van der Waals surface area contributed by atoms with Crippen molar-refractivity contribution in [1.82, 2.24) is 24.4 Å². The van der Waals surface area contributed by atoms with Crippen molar-refractivity contribution in [2.45, 2.75) is 58.6 Å². The minimum atomic E-state index is 0.222. The smallest absolute Gasteiger partial charge is 0.267 e. The highest BCUT2D eigenvalue weighted by molar-refractivity contribution is 7.19. The summed E-state index contributed by atoms with van der Waals surface area (Å²) in [4.78, 5) is 5.80. The van der Waals surface area contributed by atoms with Gasteiger partial charge in [0.1, 0.15) is 5.01 Å². The number of benzene rings is 1. The summed E-state index contributed by atoms with van der Waals surface area (Å²) in [7, 11) is 1.96. The van der Waals surface area contributed by atoms with Crippen molar-refractivity contribution in [3.8, 4) is 16.5 Å². The van der Waals surface area contributed by atoms with Gasteiger partial charge < -0.3 is 0 Å². The number of imidazole rings is 1. The molecule has 0 spiro atoms. The van der Waals surface area contributed by atoms with Gasteiger partial charge in [0, 0.05) is 36.1 Å². The zero-order chi connectivity index (χ0) is 21.3. The topological polar surface area (TPSA) is 71.8 Å². The Morgan fingerprint density at radius 1 is 1.20 bits per heavy atom. The van der Waals surface area contributed by atoms with Crippen LogP contribution in [0.2, 0.25) is 12.6 Å². The van der Waals surface area contributed by atoms with Gasteiger partial charge >= 0.3 is 0 Å². The standard InChI is InChI=1S/C20H21BN6S.C2H6/c1-3-13-8-15(9-16-10-26(2)24-18(13)16)19-25-27-11-17(23-20(27)28-19)14-4-6-21(12-22)7-5-14;1-2/h8-11,14H,3-7H2,1-2H3;1-2H3. The van der Waals surface area contributed by atoms with E-state index in [0.29, 0.717) is 5.92 Å². The van der Waals surface area contributed by atoms with E-state index in [1.54, 1.807) is 11.3 Å². The van der Waals surface area contributed by atoms with Crippen LogP contribution >= 0.6 is 11.3 Å². The van der Waals surface area contributed by atoms with Crippen molar-refractivity contribution >= 4 is 33.9 Å². The first-order valence-corrected chi connectivity index (χ1v) is 11.7. The number of nitrogens with zero attached hydrogens (tertiary/aromatic N) is 6. The molecule has 1 saturated heterocycles. The number of hydrogen-bond acceptors (Lipinski definition) is 5. The number of nitriles is 1. The van der Waals surface area contributed by atoms with Crippen LogP contribution in [-0.2, 0) is 13.5 Å². The van der Waals surface area contributed by atoms with Crippen LogP contribution in [0.3, 0.4) is 0 Å². The van der Waals surface area contributed by atoms with E-state index in [1.807, 2.05) is 30.1 Å². The summed E-state index contributed by atoms with van der Waals surface area (Å²) in [6, 6.07) is 4.38. The zero-order valence-corrected chi connectivity index (χ0v) is 18.9. The lowest BCUT2D eigenvalue weighted by Crippen LogP contribution is -2.19. The molecule has 30 heavy (non-hydrogen) atoms. The average Bonchev–Trinajstić information content (AvgIpc) is 3.46. The molecule has 1 aliphatic rings. The minimum Gasteiger partial charge on any atom is -0.275 e. The van der Waals surface area contributed by atoms with E-state index in [9.17, 15) is 0 Å². The molecule has 6 nitrogen and oxygen atoms in total. The van der Waals surface area contributed by atoms with Crippen molar-refractivity contribution in [2.75, 3.05) is 0 Å². The van der Waals surface area contributed by atoms with E-state index < -0.39 is 0 Å². The van der Waals surface area contributed by atoms with Crippen molar-refractivity contribution in [2.24, 2.45) is 7.05 Å². The molecule has 3 aromatic heterocycles. The first kappa shape index (κ1) is 20.6. The third-order valence-electron chi connectivity index (χ3n) is 5.82. The van der Waals surface area contributed by atoms with Gasteiger partial charge in [-0.2, -0.15) is 10.2 Å². The molecule has 4 aromatic rings. The van der Waals surface area contributed by atoms with E-state index in [4.69, 9.17) is 15.3 Å². The maximum atomic E-state index is 9.09. The van der Waals surface area contributed by atoms with Gasteiger partial charge in [-0.15, -0.1) is 0 Å². The quantitative estimate of drug-likeness (QED) is 0.420. The molecule has 0 amide bonds. The normalized spacial score (nSPS) is 14.7. The molecule has 4 heterocycles. The fourth-order valence-corrected chi connectivity index (χ4v) is 5.14. The lowest BCUT2D eigenvalue weighted by atomic mass is 9.41. The SMILES string of the molecule is CC.CCc1cc(-c2nn3cc(C4CCB(C#N)CC4)nc3s2)cc2cn(C)nc12. The van der Waals surface area contributed by atoms with Crippen molar-refractivity contribution in [3.63, 3.8) is 0 Å². The van der Waals surface area contributed by atoms with E-state index >= 15 is 0 Å². The number of aryl methyl sites for hydroxylation is 2. The molecule has 5 rings (SSSR count). The monoisotopic (exact) mass is 418 g/mol. The fraction of sp³-hybridized carbons (Fsp3) is 0.455. The summed E-state index contributed by atoms with van der Waals surface area (Å²) < 4.78 is 3.79. The summed E-state index contributed by atoms with van der Waals surface area (Å²) in [5.41, 5.74) is 4.57. The third-order valence-corrected chi connectivity index (χ3v) is 6.79. The molecule has 1 aliphatic heterocycles. The van der Waals surface area contributed by atoms with E-state index in [-0.39, 0.29) is 6.71 Å². The predicted molar refractivity (Wildman–Crippen MR) is 124 cm³/mol. The summed E-state index contributed by atoms with van der Waals surface area (Å²) in [5.74, 6) is 2.86. The van der Waals surface area contributed by atoms with Crippen LogP contribution in [0.25, 0.3) is 26.4 Å². The Hall–Kier alpha value is -2.66. The van der Waals surface area contributed by atoms with E-state index in [1.165, 1.54) is 5.56 Å². The summed E-state index contributed by atoms with van der Waals surface area (Å²) >= 11 is 1.64. The lowest BCUT2D eigenvalue weighted by molar-refractivity contribution is 0.598. The third kappa shape index (κ3) is 3.74. The van der Waals surface area contributed by atoms with Crippen molar-refractivity contribution < 1.29 is 0 Å². The Bertz CT molecular complexity index is 1170. The second-order valence-electron chi connectivity index (χ2n) is 7.71. The molecule has 0 atom stereocenters. The van der Waals surface area contributed by atoms with E-state index in [2.05, 4.69) is 42.5 Å². The highest BCUT2D eigenvalue weighted by atomic mass is 32.1. The fourth-order valence-electron chi connectivity index (χ4n) is 4.27. The molecule has 0 bridgehead atoms. The second kappa shape index (κ2) is 8.61. The molecule has 0 radical (unpaired) electrons. The highest BCUT2D eigenvalue weighted by Crippen LogP contribution is 2.35. The Morgan fingerprint density at radius 3 is 2.63 bits per heavy atom. The van der Waals surface area contributed by atoms with Crippen LogP contribution in [0.1, 0.15) is 50.8 Å². The highest BCUT2D eigenvalue weighted by Gasteiger charge is 2.27. The molecule has 0 saturated carbocycles. The van der Waals surface area contributed by atoms with Crippen LogP contribution in [0.4, 0.5) is 0 Å². The van der Waals surface area contributed by atoms with Crippen molar-refractivity contribution in [3.05, 3.63) is 35.8 Å². The van der Waals surface area contributed by atoms with Crippen molar-refractivity contribution in [1.29, 1.82) is 5.26 Å². The van der Waals surface area contributed by atoms with E-state index in [0.717, 1.165) is 64.0 Å². The molecule has 8 heteroatoms. The molecule has 1 aromatic carbocycles.